The van der Waals surface area contributed by atoms with Crippen molar-refractivity contribution >= 4 is 28.9 Å². The Morgan fingerprint density at radius 3 is 2.55 bits per heavy atom. The highest BCUT2D eigenvalue weighted by Gasteiger charge is 2.15. The van der Waals surface area contributed by atoms with Crippen LogP contribution >= 0.6 is 11.6 Å². The van der Waals surface area contributed by atoms with E-state index in [1.54, 1.807) is 6.92 Å². The van der Waals surface area contributed by atoms with Gasteiger partial charge < -0.3 is 10.6 Å². The predicted molar refractivity (Wildman–Crippen MR) is 89.0 cm³/mol. The van der Waals surface area contributed by atoms with Crippen molar-refractivity contribution in [3.8, 4) is 0 Å². The molecule has 0 unspecified atom stereocenters. The SMILES string of the molecule is Cc1ccc(C)c(N[C@@H](C)C(=O)Nc2ccc(F)cc2Cl)c1. The maximum atomic E-state index is 13.0. The highest BCUT2D eigenvalue weighted by molar-refractivity contribution is 6.33. The normalized spacial score (nSPS) is 11.9. The number of aryl methyl sites for hydroxylation is 2. The molecule has 0 fully saturated rings. The largest absolute Gasteiger partial charge is 0.374 e. The van der Waals surface area contributed by atoms with Crippen LogP contribution in [0.25, 0.3) is 0 Å². The summed E-state index contributed by atoms with van der Waals surface area (Å²) < 4.78 is 13.0. The van der Waals surface area contributed by atoms with Crippen LogP contribution in [0, 0.1) is 19.7 Å². The van der Waals surface area contributed by atoms with Crippen molar-refractivity contribution in [2.24, 2.45) is 0 Å². The Morgan fingerprint density at radius 2 is 1.86 bits per heavy atom. The third kappa shape index (κ3) is 3.98. The molecule has 0 aliphatic carbocycles. The number of hydrogen-bond donors (Lipinski definition) is 2. The molecule has 2 aromatic carbocycles. The number of rotatable bonds is 4. The van der Waals surface area contributed by atoms with Crippen LogP contribution in [0.2, 0.25) is 5.02 Å². The molecule has 0 spiro atoms. The fraction of sp³-hybridized carbons (Fsp3) is 0.235. The van der Waals surface area contributed by atoms with Gasteiger partial charge in [0.1, 0.15) is 11.9 Å². The summed E-state index contributed by atoms with van der Waals surface area (Å²) in [6, 6.07) is 9.42. The number of anilines is 2. The molecule has 1 amide bonds. The Kier molecular flexibility index (Phi) is 5.03. The summed E-state index contributed by atoms with van der Waals surface area (Å²) in [5, 5.41) is 6.04. The average Bonchev–Trinajstić information content (AvgIpc) is 2.45. The van der Waals surface area contributed by atoms with Gasteiger partial charge >= 0.3 is 0 Å². The molecule has 0 radical (unpaired) electrons. The zero-order chi connectivity index (χ0) is 16.3. The zero-order valence-corrected chi connectivity index (χ0v) is 13.5. The van der Waals surface area contributed by atoms with E-state index in [4.69, 9.17) is 11.6 Å². The molecule has 0 heterocycles. The van der Waals surface area contributed by atoms with Crippen molar-refractivity contribution in [1.82, 2.24) is 0 Å². The molecule has 0 aromatic heterocycles. The average molecular weight is 321 g/mol. The summed E-state index contributed by atoms with van der Waals surface area (Å²) in [7, 11) is 0. The van der Waals surface area contributed by atoms with Crippen molar-refractivity contribution in [3.63, 3.8) is 0 Å². The van der Waals surface area contributed by atoms with Gasteiger partial charge in [0.25, 0.3) is 0 Å². The van der Waals surface area contributed by atoms with E-state index in [-0.39, 0.29) is 10.9 Å². The second-order valence-electron chi connectivity index (χ2n) is 5.30. The summed E-state index contributed by atoms with van der Waals surface area (Å²) in [5.41, 5.74) is 3.47. The molecule has 0 bridgehead atoms. The van der Waals surface area contributed by atoms with E-state index in [2.05, 4.69) is 10.6 Å². The van der Waals surface area contributed by atoms with Gasteiger partial charge in [0.2, 0.25) is 5.91 Å². The van der Waals surface area contributed by atoms with Crippen LogP contribution in [0.1, 0.15) is 18.1 Å². The van der Waals surface area contributed by atoms with Crippen LogP contribution in [0.5, 0.6) is 0 Å². The summed E-state index contributed by atoms with van der Waals surface area (Å²) in [5.74, 6) is -0.682. The van der Waals surface area contributed by atoms with Gasteiger partial charge in [-0.05, 0) is 56.2 Å². The summed E-state index contributed by atoms with van der Waals surface area (Å²) in [6.45, 7) is 5.73. The summed E-state index contributed by atoms with van der Waals surface area (Å²) in [6.07, 6.45) is 0. The van der Waals surface area contributed by atoms with Gasteiger partial charge in [0, 0.05) is 5.69 Å². The van der Waals surface area contributed by atoms with Crippen LogP contribution in [0.4, 0.5) is 15.8 Å². The topological polar surface area (TPSA) is 41.1 Å². The predicted octanol–water partition coefficient (Wildman–Crippen LogP) is 4.54. The molecule has 0 saturated carbocycles. The Hall–Kier alpha value is -2.07. The first kappa shape index (κ1) is 16.3. The Morgan fingerprint density at radius 1 is 1.14 bits per heavy atom. The minimum Gasteiger partial charge on any atom is -0.374 e. The van der Waals surface area contributed by atoms with E-state index in [1.165, 1.54) is 18.2 Å². The number of halogens is 2. The summed E-state index contributed by atoms with van der Waals surface area (Å²) in [4.78, 5) is 12.2. The van der Waals surface area contributed by atoms with Crippen molar-refractivity contribution in [2.45, 2.75) is 26.8 Å². The highest BCUT2D eigenvalue weighted by Crippen LogP contribution is 2.23. The number of carbonyl (C=O) groups excluding carboxylic acids is 1. The molecule has 2 N–H and O–H groups in total. The smallest absolute Gasteiger partial charge is 0.246 e. The fourth-order valence-corrected chi connectivity index (χ4v) is 2.24. The standard InChI is InChI=1S/C17H18ClFN2O/c1-10-4-5-11(2)16(8-10)20-12(3)17(22)21-15-7-6-13(19)9-14(15)18/h4-9,12,20H,1-3H3,(H,21,22)/t12-/m0/s1. The van der Waals surface area contributed by atoms with E-state index >= 15 is 0 Å². The van der Waals surface area contributed by atoms with E-state index in [1.807, 2.05) is 32.0 Å². The van der Waals surface area contributed by atoms with Gasteiger partial charge in [-0.1, -0.05) is 23.7 Å². The van der Waals surface area contributed by atoms with Crippen LogP contribution in [0.3, 0.4) is 0 Å². The molecule has 22 heavy (non-hydrogen) atoms. The van der Waals surface area contributed by atoms with E-state index in [9.17, 15) is 9.18 Å². The van der Waals surface area contributed by atoms with Crippen LogP contribution in [0.15, 0.2) is 36.4 Å². The van der Waals surface area contributed by atoms with Crippen LogP contribution < -0.4 is 10.6 Å². The maximum absolute atomic E-state index is 13.0. The molecule has 1 atom stereocenters. The number of nitrogens with one attached hydrogen (secondary N) is 2. The first-order valence-corrected chi connectivity index (χ1v) is 7.34. The molecule has 3 nitrogen and oxygen atoms in total. The number of carbonyl (C=O) groups is 1. The van der Waals surface area contributed by atoms with E-state index in [0.29, 0.717) is 5.69 Å². The van der Waals surface area contributed by atoms with Gasteiger partial charge in [-0.2, -0.15) is 0 Å². The number of benzene rings is 2. The first-order chi connectivity index (χ1) is 10.4. The van der Waals surface area contributed by atoms with E-state index in [0.717, 1.165) is 16.8 Å². The molecule has 0 aliphatic rings. The van der Waals surface area contributed by atoms with Crippen molar-refractivity contribution < 1.29 is 9.18 Å². The molecular formula is C17H18ClFN2O. The summed E-state index contributed by atoms with van der Waals surface area (Å²) >= 11 is 5.91. The molecular weight excluding hydrogens is 303 g/mol. The molecule has 2 aromatic rings. The van der Waals surface area contributed by atoms with Crippen molar-refractivity contribution in [1.29, 1.82) is 0 Å². The molecule has 0 aliphatic heterocycles. The van der Waals surface area contributed by atoms with Gasteiger partial charge in [0.05, 0.1) is 10.7 Å². The third-order valence-electron chi connectivity index (χ3n) is 3.35. The van der Waals surface area contributed by atoms with Gasteiger partial charge in [-0.15, -0.1) is 0 Å². The highest BCUT2D eigenvalue weighted by atomic mass is 35.5. The lowest BCUT2D eigenvalue weighted by Crippen LogP contribution is -2.32. The van der Waals surface area contributed by atoms with Crippen LogP contribution in [-0.2, 0) is 4.79 Å². The third-order valence-corrected chi connectivity index (χ3v) is 3.66. The lowest BCUT2D eigenvalue weighted by molar-refractivity contribution is -0.116. The quantitative estimate of drug-likeness (QED) is 0.868. The minimum absolute atomic E-state index is 0.173. The zero-order valence-electron chi connectivity index (χ0n) is 12.7. The van der Waals surface area contributed by atoms with Gasteiger partial charge in [0.15, 0.2) is 0 Å². The van der Waals surface area contributed by atoms with E-state index < -0.39 is 11.9 Å². The second-order valence-corrected chi connectivity index (χ2v) is 5.71. The second kappa shape index (κ2) is 6.79. The molecule has 116 valence electrons. The maximum Gasteiger partial charge on any atom is 0.246 e. The van der Waals surface area contributed by atoms with Crippen molar-refractivity contribution in [3.05, 3.63) is 58.4 Å². The van der Waals surface area contributed by atoms with Gasteiger partial charge in [-0.25, -0.2) is 4.39 Å². The Bertz CT molecular complexity index is 703. The van der Waals surface area contributed by atoms with Crippen LogP contribution in [-0.4, -0.2) is 11.9 Å². The Balaban J connectivity index is 2.07. The lowest BCUT2D eigenvalue weighted by atomic mass is 10.1. The molecule has 5 heteroatoms. The molecule has 0 saturated heterocycles. The van der Waals surface area contributed by atoms with Gasteiger partial charge in [-0.3, -0.25) is 4.79 Å². The monoisotopic (exact) mass is 320 g/mol. The lowest BCUT2D eigenvalue weighted by Gasteiger charge is -2.18. The fourth-order valence-electron chi connectivity index (χ4n) is 2.02. The Labute approximate surface area is 134 Å². The first-order valence-electron chi connectivity index (χ1n) is 6.96. The number of amides is 1. The number of hydrogen-bond acceptors (Lipinski definition) is 2. The van der Waals surface area contributed by atoms with Crippen molar-refractivity contribution in [2.75, 3.05) is 10.6 Å². The minimum atomic E-state index is -0.457. The molecule has 2 rings (SSSR count).